The molecule has 1 N–H and O–H groups in total. The van der Waals surface area contributed by atoms with Crippen LogP contribution in [0.1, 0.15) is 17.9 Å². The molecule has 1 aromatic heterocycles. The Bertz CT molecular complexity index is 1030. The van der Waals surface area contributed by atoms with E-state index in [4.69, 9.17) is 4.42 Å². The summed E-state index contributed by atoms with van der Waals surface area (Å²) in [7, 11) is 1.52. The number of anilines is 1. The van der Waals surface area contributed by atoms with Crippen molar-refractivity contribution in [3.05, 3.63) is 71.8 Å². The minimum atomic E-state index is -0.756. The molecule has 3 rings (SSSR count). The second kappa shape index (κ2) is 9.30. The highest BCUT2D eigenvalue weighted by atomic mass is 19.1. The number of benzene rings is 2. The highest BCUT2D eigenvalue weighted by molar-refractivity contribution is 5.94. The molecular weight excluding hydrogens is 392 g/mol. The van der Waals surface area contributed by atoms with Crippen molar-refractivity contribution in [2.24, 2.45) is 0 Å². The molecule has 2 aromatic carbocycles. The van der Waals surface area contributed by atoms with E-state index in [1.54, 1.807) is 12.1 Å². The highest BCUT2D eigenvalue weighted by Crippen LogP contribution is 2.26. The number of nitrogens with one attached hydrogen (secondary N) is 1. The summed E-state index contributed by atoms with van der Waals surface area (Å²) in [5.41, 5.74) is 1.43. The van der Waals surface area contributed by atoms with Gasteiger partial charge < -0.3 is 14.6 Å². The topological polar surface area (TPSA) is 75.4 Å². The van der Waals surface area contributed by atoms with Crippen molar-refractivity contribution in [1.29, 1.82) is 0 Å². The van der Waals surface area contributed by atoms with Crippen LogP contribution in [0.25, 0.3) is 11.3 Å². The van der Waals surface area contributed by atoms with Crippen molar-refractivity contribution in [1.82, 2.24) is 9.88 Å². The molecule has 0 unspecified atom stereocenters. The number of likely N-dealkylation sites (N-methyl/N-ethyl adjacent to an activating group) is 1. The fraction of sp³-hybridized carbons (Fsp3) is 0.227. The van der Waals surface area contributed by atoms with Gasteiger partial charge in [0, 0.05) is 25.6 Å². The molecule has 8 heteroatoms. The first kappa shape index (κ1) is 21.2. The van der Waals surface area contributed by atoms with Crippen LogP contribution in [0.3, 0.4) is 0 Å². The third-order valence-corrected chi connectivity index (χ3v) is 4.46. The van der Waals surface area contributed by atoms with Crippen LogP contribution in [0.5, 0.6) is 0 Å². The second-order valence-corrected chi connectivity index (χ2v) is 6.88. The van der Waals surface area contributed by atoms with Crippen LogP contribution in [0.4, 0.5) is 14.5 Å². The van der Waals surface area contributed by atoms with E-state index in [1.165, 1.54) is 24.2 Å². The van der Waals surface area contributed by atoms with Crippen molar-refractivity contribution in [2.75, 3.05) is 18.9 Å². The van der Waals surface area contributed by atoms with Gasteiger partial charge in [-0.3, -0.25) is 9.59 Å². The van der Waals surface area contributed by atoms with Crippen molar-refractivity contribution in [3.8, 4) is 11.3 Å². The minimum absolute atomic E-state index is 0.0357. The highest BCUT2D eigenvalue weighted by Gasteiger charge is 2.18. The Balaban J connectivity index is 1.52. The predicted molar refractivity (Wildman–Crippen MR) is 108 cm³/mol. The first-order valence-electron chi connectivity index (χ1n) is 9.33. The number of carbonyl (C=O) groups excluding carboxylic acids is 2. The Morgan fingerprint density at radius 1 is 1.10 bits per heavy atom. The molecule has 0 radical (unpaired) electrons. The van der Waals surface area contributed by atoms with E-state index in [1.807, 2.05) is 19.1 Å². The third-order valence-electron chi connectivity index (χ3n) is 4.46. The van der Waals surface area contributed by atoms with Crippen LogP contribution in [-0.2, 0) is 16.0 Å². The Morgan fingerprint density at radius 2 is 1.77 bits per heavy atom. The van der Waals surface area contributed by atoms with Crippen molar-refractivity contribution in [2.45, 2.75) is 19.8 Å². The van der Waals surface area contributed by atoms with Gasteiger partial charge in [-0.05, 0) is 31.2 Å². The summed E-state index contributed by atoms with van der Waals surface area (Å²) in [5.74, 6) is -1.98. The fourth-order valence-corrected chi connectivity index (χ4v) is 2.82. The van der Waals surface area contributed by atoms with Crippen LogP contribution in [0, 0.1) is 18.6 Å². The first-order valence-corrected chi connectivity index (χ1v) is 9.33. The summed E-state index contributed by atoms with van der Waals surface area (Å²) < 4.78 is 33.1. The molecule has 6 nitrogen and oxygen atoms in total. The van der Waals surface area contributed by atoms with E-state index in [0.717, 1.165) is 17.7 Å². The van der Waals surface area contributed by atoms with Crippen molar-refractivity contribution >= 4 is 17.5 Å². The molecule has 3 aromatic rings. The van der Waals surface area contributed by atoms with E-state index in [-0.39, 0.29) is 48.4 Å². The van der Waals surface area contributed by atoms with E-state index in [0.29, 0.717) is 5.69 Å². The van der Waals surface area contributed by atoms with Crippen molar-refractivity contribution in [3.63, 3.8) is 0 Å². The van der Waals surface area contributed by atoms with Crippen LogP contribution in [-0.4, -0.2) is 35.3 Å². The van der Waals surface area contributed by atoms with Crippen LogP contribution < -0.4 is 5.32 Å². The third kappa shape index (κ3) is 5.28. The number of hydrogen-bond acceptors (Lipinski definition) is 4. The van der Waals surface area contributed by atoms with Gasteiger partial charge >= 0.3 is 0 Å². The van der Waals surface area contributed by atoms with Crippen LogP contribution >= 0.6 is 0 Å². The van der Waals surface area contributed by atoms with Gasteiger partial charge in [-0.15, -0.1) is 0 Å². The lowest BCUT2D eigenvalue weighted by Gasteiger charge is -2.16. The van der Waals surface area contributed by atoms with Crippen molar-refractivity contribution < 1.29 is 22.8 Å². The maximum absolute atomic E-state index is 13.8. The summed E-state index contributed by atoms with van der Waals surface area (Å²) in [6, 6.07) is 10.8. The van der Waals surface area contributed by atoms with E-state index in [2.05, 4.69) is 10.3 Å². The molecule has 0 saturated heterocycles. The van der Waals surface area contributed by atoms with Gasteiger partial charge in [0.15, 0.2) is 11.7 Å². The Labute approximate surface area is 172 Å². The number of nitrogens with zero attached hydrogens (tertiary/aromatic N) is 2. The molecule has 0 spiro atoms. The molecule has 0 fully saturated rings. The van der Waals surface area contributed by atoms with Gasteiger partial charge in [0.05, 0.1) is 18.3 Å². The maximum atomic E-state index is 13.8. The number of halogens is 2. The molecule has 30 heavy (non-hydrogen) atoms. The molecule has 2 amide bonds. The number of oxazole rings is 1. The number of hydrogen-bond donors (Lipinski definition) is 1. The van der Waals surface area contributed by atoms with E-state index < -0.39 is 11.6 Å². The van der Waals surface area contributed by atoms with Crippen LogP contribution in [0.2, 0.25) is 0 Å². The molecule has 0 aliphatic carbocycles. The van der Waals surface area contributed by atoms with Gasteiger partial charge in [0.1, 0.15) is 11.6 Å². The molecule has 0 aliphatic heterocycles. The zero-order chi connectivity index (χ0) is 21.7. The van der Waals surface area contributed by atoms with Crippen LogP contribution in [0.15, 0.2) is 53.1 Å². The summed E-state index contributed by atoms with van der Waals surface area (Å²) in [4.78, 5) is 29.7. The molecular formula is C22H21F2N3O3. The molecule has 1 heterocycles. The Kier molecular flexibility index (Phi) is 6.56. The molecule has 0 aliphatic rings. The monoisotopic (exact) mass is 413 g/mol. The molecule has 0 bridgehead atoms. The number of aromatic nitrogens is 1. The number of carbonyl (C=O) groups is 2. The number of amides is 2. The lowest BCUT2D eigenvalue weighted by Crippen LogP contribution is -2.35. The lowest BCUT2D eigenvalue weighted by atomic mass is 10.1. The van der Waals surface area contributed by atoms with E-state index in [9.17, 15) is 18.4 Å². The molecule has 156 valence electrons. The van der Waals surface area contributed by atoms with Gasteiger partial charge in [-0.25, -0.2) is 13.8 Å². The zero-order valence-electron chi connectivity index (χ0n) is 16.6. The minimum Gasteiger partial charge on any atom is -0.441 e. The standard InChI is InChI=1S/C22H21F2N3O3/c1-14-6-8-15(9-7-14)26-19(28)13-27(2)21(29)11-10-20-25-12-18(30-20)22-16(23)4-3-5-17(22)24/h3-9,12H,10-11,13H2,1-2H3,(H,26,28). The second-order valence-electron chi connectivity index (χ2n) is 6.88. The van der Waals surface area contributed by atoms with Gasteiger partial charge in [0.2, 0.25) is 11.8 Å². The molecule has 0 saturated carbocycles. The largest absolute Gasteiger partial charge is 0.441 e. The summed E-state index contributed by atoms with van der Waals surface area (Å²) >= 11 is 0. The SMILES string of the molecule is Cc1ccc(NC(=O)CN(C)C(=O)CCc2ncc(-c3c(F)cccc3F)o2)cc1. The van der Waals surface area contributed by atoms with E-state index >= 15 is 0 Å². The lowest BCUT2D eigenvalue weighted by molar-refractivity contribution is -0.133. The van der Waals surface area contributed by atoms with Gasteiger partial charge in [-0.1, -0.05) is 23.8 Å². The van der Waals surface area contributed by atoms with Gasteiger partial charge in [0.25, 0.3) is 0 Å². The smallest absolute Gasteiger partial charge is 0.243 e. The molecule has 0 atom stereocenters. The van der Waals surface area contributed by atoms with Gasteiger partial charge in [-0.2, -0.15) is 0 Å². The summed E-state index contributed by atoms with van der Waals surface area (Å²) in [5, 5.41) is 2.73. The maximum Gasteiger partial charge on any atom is 0.243 e. The average molecular weight is 413 g/mol. The zero-order valence-corrected chi connectivity index (χ0v) is 16.6. The number of aryl methyl sites for hydroxylation is 2. The summed E-state index contributed by atoms with van der Waals surface area (Å²) in [6.45, 7) is 1.84. The normalized spacial score (nSPS) is 10.7. The predicted octanol–water partition coefficient (Wildman–Crippen LogP) is 3.96. The average Bonchev–Trinajstić information content (AvgIpc) is 3.16. The quantitative estimate of drug-likeness (QED) is 0.636. The Morgan fingerprint density at radius 3 is 2.43 bits per heavy atom. The first-order chi connectivity index (χ1) is 14.3. The summed E-state index contributed by atoms with van der Waals surface area (Å²) in [6.07, 6.45) is 1.40. The Hall–Kier alpha value is -3.55. The number of rotatable bonds is 7. The fourth-order valence-electron chi connectivity index (χ4n) is 2.82.